The molecule has 1 amide bonds. The van der Waals surface area contributed by atoms with E-state index in [-0.39, 0.29) is 18.3 Å². The van der Waals surface area contributed by atoms with Gasteiger partial charge < -0.3 is 15.0 Å². The van der Waals surface area contributed by atoms with Crippen molar-refractivity contribution in [2.24, 2.45) is 11.8 Å². The van der Waals surface area contributed by atoms with Crippen molar-refractivity contribution in [2.75, 3.05) is 32.8 Å². The quantitative estimate of drug-likeness (QED) is 0.826. The van der Waals surface area contributed by atoms with Crippen molar-refractivity contribution in [2.45, 2.75) is 32.7 Å². The van der Waals surface area contributed by atoms with Crippen molar-refractivity contribution in [1.82, 2.24) is 10.2 Å². The third-order valence-electron chi connectivity index (χ3n) is 4.04. The molecule has 4 nitrogen and oxygen atoms in total. The maximum atomic E-state index is 12.4. The van der Waals surface area contributed by atoms with Gasteiger partial charge in [0.2, 0.25) is 5.91 Å². The number of carbonyl (C=O) groups excluding carboxylic acids is 1. The van der Waals surface area contributed by atoms with E-state index in [4.69, 9.17) is 4.74 Å². The average Bonchev–Trinajstić information content (AvgIpc) is 2.38. The molecule has 1 N–H and O–H groups in total. The van der Waals surface area contributed by atoms with Crippen molar-refractivity contribution in [3.8, 4) is 0 Å². The van der Waals surface area contributed by atoms with E-state index in [2.05, 4.69) is 19.2 Å². The number of ether oxygens (including phenoxy) is 1. The number of hydrogen-bond donors (Lipinski definition) is 1. The van der Waals surface area contributed by atoms with Crippen LogP contribution in [-0.4, -0.2) is 49.7 Å². The van der Waals surface area contributed by atoms with Crippen LogP contribution in [0, 0.1) is 11.8 Å². The van der Waals surface area contributed by atoms with Gasteiger partial charge in [0, 0.05) is 44.8 Å². The topological polar surface area (TPSA) is 41.6 Å². The Hall–Kier alpha value is -0.320. The van der Waals surface area contributed by atoms with Crippen LogP contribution in [0.2, 0.25) is 0 Å². The predicted molar refractivity (Wildman–Crippen MR) is 74.0 cm³/mol. The number of hydrogen-bond acceptors (Lipinski definition) is 3. The van der Waals surface area contributed by atoms with Gasteiger partial charge >= 0.3 is 0 Å². The fourth-order valence-electron chi connectivity index (χ4n) is 2.84. The first kappa shape index (κ1) is 15.7. The molecule has 2 fully saturated rings. The molecule has 106 valence electrons. The van der Waals surface area contributed by atoms with Gasteiger partial charge in [-0.25, -0.2) is 0 Å². The smallest absolute Gasteiger partial charge is 0.225 e. The highest BCUT2D eigenvalue weighted by Gasteiger charge is 2.30. The first-order chi connectivity index (χ1) is 8.18. The van der Waals surface area contributed by atoms with Crippen LogP contribution >= 0.6 is 12.4 Å². The summed E-state index contributed by atoms with van der Waals surface area (Å²) < 4.78 is 5.36. The summed E-state index contributed by atoms with van der Waals surface area (Å²) in [5.41, 5.74) is 0. The summed E-state index contributed by atoms with van der Waals surface area (Å²) in [6.45, 7) is 8.50. The molecule has 2 aliphatic heterocycles. The average molecular weight is 277 g/mol. The minimum atomic E-state index is 0. The molecular weight excluding hydrogens is 252 g/mol. The van der Waals surface area contributed by atoms with E-state index in [0.29, 0.717) is 17.9 Å². The first-order valence-electron chi connectivity index (χ1n) is 6.78. The van der Waals surface area contributed by atoms with Crippen LogP contribution < -0.4 is 5.32 Å². The molecule has 0 spiro atoms. The number of rotatable bonds is 2. The molecule has 2 heterocycles. The Labute approximate surface area is 116 Å². The van der Waals surface area contributed by atoms with Gasteiger partial charge in [-0.05, 0) is 25.7 Å². The fourth-order valence-corrected chi connectivity index (χ4v) is 2.84. The molecule has 2 saturated heterocycles. The summed E-state index contributed by atoms with van der Waals surface area (Å²) in [4.78, 5) is 14.4. The molecule has 0 radical (unpaired) electrons. The van der Waals surface area contributed by atoms with E-state index in [9.17, 15) is 4.79 Å². The summed E-state index contributed by atoms with van der Waals surface area (Å²) in [5.74, 6) is 1.01. The van der Waals surface area contributed by atoms with Crippen molar-refractivity contribution in [3.05, 3.63) is 0 Å². The van der Waals surface area contributed by atoms with Crippen LogP contribution in [0.3, 0.4) is 0 Å². The normalized spacial score (nSPS) is 27.4. The van der Waals surface area contributed by atoms with E-state index < -0.39 is 0 Å². The molecule has 2 rings (SSSR count). The first-order valence-corrected chi connectivity index (χ1v) is 6.78. The van der Waals surface area contributed by atoms with Gasteiger partial charge in [0.25, 0.3) is 0 Å². The van der Waals surface area contributed by atoms with Gasteiger partial charge in [0.15, 0.2) is 0 Å². The molecule has 1 unspecified atom stereocenters. The van der Waals surface area contributed by atoms with E-state index in [1.807, 2.05) is 4.90 Å². The number of nitrogens with zero attached hydrogens (tertiary/aromatic N) is 1. The second kappa shape index (κ2) is 7.31. The number of halogens is 1. The molecule has 0 aliphatic carbocycles. The Kier molecular flexibility index (Phi) is 6.39. The lowest BCUT2D eigenvalue weighted by atomic mass is 9.86. The molecular formula is C13H25ClN2O2. The Morgan fingerprint density at radius 3 is 2.67 bits per heavy atom. The van der Waals surface area contributed by atoms with Crippen molar-refractivity contribution >= 4 is 18.3 Å². The lowest BCUT2D eigenvalue weighted by Gasteiger charge is -2.36. The monoisotopic (exact) mass is 276 g/mol. The summed E-state index contributed by atoms with van der Waals surface area (Å²) in [6, 6.07) is 0.426. The molecule has 0 aromatic carbocycles. The molecule has 18 heavy (non-hydrogen) atoms. The maximum absolute atomic E-state index is 12.4. The highest BCUT2D eigenvalue weighted by Crippen LogP contribution is 2.25. The summed E-state index contributed by atoms with van der Waals surface area (Å²) in [7, 11) is 0. The molecule has 5 heteroatoms. The van der Waals surface area contributed by atoms with Crippen molar-refractivity contribution < 1.29 is 9.53 Å². The van der Waals surface area contributed by atoms with E-state index in [0.717, 1.165) is 45.7 Å². The molecule has 0 aromatic rings. The molecule has 0 saturated carbocycles. The molecule has 0 bridgehead atoms. The van der Waals surface area contributed by atoms with Crippen LogP contribution in [0.25, 0.3) is 0 Å². The maximum Gasteiger partial charge on any atom is 0.225 e. The summed E-state index contributed by atoms with van der Waals surface area (Å²) >= 11 is 0. The zero-order valence-electron chi connectivity index (χ0n) is 11.4. The molecule has 0 aromatic heterocycles. The summed E-state index contributed by atoms with van der Waals surface area (Å²) in [5, 5.41) is 3.37. The van der Waals surface area contributed by atoms with Gasteiger partial charge in [0.1, 0.15) is 0 Å². The third-order valence-corrected chi connectivity index (χ3v) is 4.04. The van der Waals surface area contributed by atoms with E-state index >= 15 is 0 Å². The van der Waals surface area contributed by atoms with Gasteiger partial charge in [-0.2, -0.15) is 0 Å². The second-order valence-electron chi connectivity index (χ2n) is 5.38. The van der Waals surface area contributed by atoms with Gasteiger partial charge in [-0.3, -0.25) is 4.79 Å². The SMILES string of the molecule is CC(C(=O)N1CCN[C@H](C)C1)C1CCOCC1.Cl. The minimum Gasteiger partial charge on any atom is -0.381 e. The fraction of sp³-hybridized carbons (Fsp3) is 0.923. The van der Waals surface area contributed by atoms with Crippen LogP contribution in [-0.2, 0) is 9.53 Å². The van der Waals surface area contributed by atoms with Crippen LogP contribution in [0.4, 0.5) is 0 Å². The number of carbonyl (C=O) groups is 1. The Morgan fingerprint density at radius 2 is 2.06 bits per heavy atom. The highest BCUT2D eigenvalue weighted by atomic mass is 35.5. The Balaban J connectivity index is 0.00000162. The van der Waals surface area contributed by atoms with Crippen molar-refractivity contribution in [1.29, 1.82) is 0 Å². The number of nitrogens with one attached hydrogen (secondary N) is 1. The van der Waals surface area contributed by atoms with Gasteiger partial charge in [0.05, 0.1) is 0 Å². The zero-order valence-corrected chi connectivity index (χ0v) is 12.2. The largest absolute Gasteiger partial charge is 0.381 e. The van der Waals surface area contributed by atoms with Crippen LogP contribution in [0.15, 0.2) is 0 Å². The number of amides is 1. The molecule has 2 aliphatic rings. The Bertz CT molecular complexity index is 270. The lowest BCUT2D eigenvalue weighted by molar-refractivity contribution is -0.139. The second-order valence-corrected chi connectivity index (χ2v) is 5.38. The standard InChI is InChI=1S/C13H24N2O2.ClH/c1-10-9-15(6-5-14-10)13(16)11(2)12-3-7-17-8-4-12;/h10-12,14H,3-9H2,1-2H3;1H/t10-,11?;/m1./s1. The highest BCUT2D eigenvalue weighted by molar-refractivity contribution is 5.85. The Morgan fingerprint density at radius 1 is 1.39 bits per heavy atom. The minimum absolute atomic E-state index is 0. The van der Waals surface area contributed by atoms with Crippen LogP contribution in [0.5, 0.6) is 0 Å². The summed E-state index contributed by atoms with van der Waals surface area (Å²) in [6.07, 6.45) is 2.07. The van der Waals surface area contributed by atoms with E-state index in [1.54, 1.807) is 0 Å². The third kappa shape index (κ3) is 3.84. The molecule has 2 atom stereocenters. The predicted octanol–water partition coefficient (Wildman–Crippen LogP) is 1.29. The zero-order chi connectivity index (χ0) is 12.3. The lowest BCUT2D eigenvalue weighted by Crippen LogP contribution is -2.53. The van der Waals surface area contributed by atoms with Gasteiger partial charge in [-0.1, -0.05) is 6.92 Å². The van der Waals surface area contributed by atoms with E-state index in [1.165, 1.54) is 0 Å². The van der Waals surface area contributed by atoms with Gasteiger partial charge in [-0.15, -0.1) is 12.4 Å². The van der Waals surface area contributed by atoms with Crippen molar-refractivity contribution in [3.63, 3.8) is 0 Å². The number of piperazine rings is 1. The van der Waals surface area contributed by atoms with Crippen LogP contribution in [0.1, 0.15) is 26.7 Å².